The van der Waals surface area contributed by atoms with Gasteiger partial charge in [-0.15, -0.1) is 11.3 Å². The van der Waals surface area contributed by atoms with Crippen molar-refractivity contribution in [1.29, 1.82) is 0 Å². The van der Waals surface area contributed by atoms with Crippen LogP contribution in [-0.4, -0.2) is 47.4 Å². The number of nitrogens with zero attached hydrogens (tertiary/aromatic N) is 3. The van der Waals surface area contributed by atoms with Crippen LogP contribution in [0.4, 0.5) is 9.09 Å². The molecule has 4 nitrogen and oxygen atoms in total. The maximum atomic E-state index is 13.6. The third-order valence-electron chi connectivity index (χ3n) is 6.12. The summed E-state index contributed by atoms with van der Waals surface area (Å²) < 4.78 is 13.6. The fraction of sp³-hybridized carbons (Fsp3) is 0.286. The van der Waals surface area contributed by atoms with Crippen molar-refractivity contribution in [2.24, 2.45) is 0 Å². The molecule has 184 valence electrons. The molecule has 0 saturated carbocycles. The van der Waals surface area contributed by atoms with E-state index in [0.717, 1.165) is 45.9 Å². The lowest BCUT2D eigenvalue weighted by Crippen LogP contribution is -2.40. The minimum Gasteiger partial charge on any atom is -0.365 e. The number of aromatic nitrogens is 1. The van der Waals surface area contributed by atoms with Gasteiger partial charge in [0.25, 0.3) is 0 Å². The number of thiazole rings is 1. The zero-order valence-corrected chi connectivity index (χ0v) is 21.2. The molecule has 0 N–H and O–H groups in total. The second-order valence-corrected chi connectivity index (χ2v) is 10.1. The molecule has 4 rings (SSSR count). The lowest BCUT2D eigenvalue weighted by atomic mass is 10.0. The Bertz CT molecular complexity index is 1190. The molecule has 0 fully saturated rings. The van der Waals surface area contributed by atoms with Crippen LogP contribution in [0.15, 0.2) is 61.2 Å². The van der Waals surface area contributed by atoms with Gasteiger partial charge in [-0.3, -0.25) is 9.50 Å². The largest absolute Gasteiger partial charge is 0.365 e. The van der Waals surface area contributed by atoms with Gasteiger partial charge >= 0.3 is 0 Å². The molecule has 0 aliphatic carbocycles. The number of hydrogen-bond acceptors (Lipinski definition) is 4. The highest BCUT2D eigenvalue weighted by molar-refractivity contribution is 7.11. The van der Waals surface area contributed by atoms with Crippen molar-refractivity contribution in [1.82, 2.24) is 14.8 Å². The molecule has 0 unspecified atom stereocenters. The van der Waals surface area contributed by atoms with Gasteiger partial charge in [0, 0.05) is 43.6 Å². The van der Waals surface area contributed by atoms with Crippen LogP contribution in [0, 0.1) is 19.7 Å². The smallest absolute Gasteiger partial charge is 0.242 e. The highest BCUT2D eigenvalue weighted by Gasteiger charge is 2.22. The van der Waals surface area contributed by atoms with Gasteiger partial charge in [-0.05, 0) is 60.9 Å². The van der Waals surface area contributed by atoms with Crippen LogP contribution in [0.2, 0.25) is 0 Å². The summed E-state index contributed by atoms with van der Waals surface area (Å²) in [6.07, 6.45) is 3.61. The number of hydrogen-bond donors (Lipinski definition) is 0. The first-order valence-electron chi connectivity index (χ1n) is 11.5. The molecule has 2 heterocycles. The van der Waals surface area contributed by atoms with Crippen molar-refractivity contribution < 1.29 is 13.9 Å². The quantitative estimate of drug-likeness (QED) is 0.414. The van der Waals surface area contributed by atoms with Crippen molar-refractivity contribution in [3.05, 3.63) is 99.3 Å². The molecule has 1 aliphatic rings. The summed E-state index contributed by atoms with van der Waals surface area (Å²) in [6.45, 7) is 9.93. The Morgan fingerprint density at radius 3 is 2.40 bits per heavy atom. The van der Waals surface area contributed by atoms with Gasteiger partial charge in [0.2, 0.25) is 5.91 Å². The maximum absolute atomic E-state index is 13.6. The Labute approximate surface area is 209 Å². The summed E-state index contributed by atoms with van der Waals surface area (Å²) in [5.74, 6) is -0.219. The maximum Gasteiger partial charge on any atom is 0.242 e. The average molecular weight is 496 g/mol. The molecular formula is C28H31F2N3OS. The van der Waals surface area contributed by atoms with E-state index in [-0.39, 0.29) is 23.0 Å². The number of benzene rings is 2. The van der Waals surface area contributed by atoms with E-state index in [1.54, 1.807) is 23.5 Å². The molecule has 1 amide bonds. The van der Waals surface area contributed by atoms with Gasteiger partial charge in [-0.2, -0.15) is 0 Å². The fourth-order valence-corrected chi connectivity index (χ4v) is 5.15. The van der Waals surface area contributed by atoms with E-state index in [1.807, 2.05) is 61.0 Å². The van der Waals surface area contributed by atoms with E-state index in [2.05, 4.69) is 11.6 Å². The van der Waals surface area contributed by atoms with Gasteiger partial charge in [0.05, 0.1) is 17.2 Å². The number of carbonyl (C=O) groups excluding carboxylic acids is 1. The lowest BCUT2D eigenvalue weighted by molar-refractivity contribution is -0.131. The van der Waals surface area contributed by atoms with E-state index in [9.17, 15) is 9.18 Å². The number of fused-ring (bicyclic) bond motifs is 1. The van der Waals surface area contributed by atoms with E-state index in [0.29, 0.717) is 13.1 Å². The summed E-state index contributed by atoms with van der Waals surface area (Å²) in [7, 11) is 1.90. The molecule has 0 atom stereocenters. The minimum absolute atomic E-state index is 0. The average Bonchev–Trinajstić information content (AvgIpc) is 3.05. The molecular weight excluding hydrogens is 464 g/mol. The molecule has 0 spiro atoms. The summed E-state index contributed by atoms with van der Waals surface area (Å²) in [5, 5.41) is 1.09. The first kappa shape index (κ1) is 26.3. The molecule has 2 aromatic carbocycles. The predicted octanol–water partition coefficient (Wildman–Crippen LogP) is 5.67. The Balaban J connectivity index is 0.00000342. The van der Waals surface area contributed by atoms with E-state index in [4.69, 9.17) is 0 Å². The number of amides is 1. The van der Waals surface area contributed by atoms with Crippen LogP contribution < -0.4 is 0 Å². The van der Waals surface area contributed by atoms with Crippen LogP contribution in [-0.2, 0) is 17.6 Å². The standard InChI is InChI=1S/C28H30FN3OS.FH/c1-19-5-7-22(8-6-19)20(2)17-26(23-9-11-24(29)12-10-23)31(4)18-28(33)32-15-13-25-27(14-16-32)34-21(3)30-25;/h5-12,17H,2,13-16,18H2,1,3-4H3;1H/b26-17-;. The van der Waals surface area contributed by atoms with Gasteiger partial charge in [0.15, 0.2) is 0 Å². The van der Waals surface area contributed by atoms with Crippen molar-refractivity contribution >= 4 is 28.5 Å². The zero-order chi connectivity index (χ0) is 24.2. The number of likely N-dealkylation sites (N-methyl/N-ethyl adjacent to an activating group) is 1. The first-order chi connectivity index (χ1) is 16.3. The number of allylic oxidation sites excluding steroid dienone is 2. The normalized spacial score (nSPS) is 13.5. The summed E-state index contributed by atoms with van der Waals surface area (Å²) in [4.78, 5) is 23.0. The van der Waals surface area contributed by atoms with E-state index < -0.39 is 0 Å². The molecule has 1 aliphatic heterocycles. The number of rotatable bonds is 6. The van der Waals surface area contributed by atoms with Crippen molar-refractivity contribution in [3.8, 4) is 0 Å². The summed E-state index contributed by atoms with van der Waals surface area (Å²) in [5.41, 5.74) is 5.81. The van der Waals surface area contributed by atoms with Crippen LogP contribution >= 0.6 is 11.3 Å². The summed E-state index contributed by atoms with van der Waals surface area (Å²) >= 11 is 1.73. The van der Waals surface area contributed by atoms with E-state index >= 15 is 0 Å². The van der Waals surface area contributed by atoms with Crippen LogP contribution in [0.5, 0.6) is 0 Å². The van der Waals surface area contributed by atoms with Gasteiger partial charge < -0.3 is 9.80 Å². The molecule has 0 radical (unpaired) electrons. The molecule has 7 heteroatoms. The van der Waals surface area contributed by atoms with Gasteiger partial charge in [-0.1, -0.05) is 36.4 Å². The van der Waals surface area contributed by atoms with Crippen molar-refractivity contribution in [2.75, 3.05) is 26.7 Å². The first-order valence-corrected chi connectivity index (χ1v) is 12.3. The second kappa shape index (κ2) is 11.4. The topological polar surface area (TPSA) is 36.4 Å². The molecule has 3 aromatic rings. The summed E-state index contributed by atoms with van der Waals surface area (Å²) in [6, 6.07) is 14.5. The van der Waals surface area contributed by atoms with Crippen LogP contribution in [0.3, 0.4) is 0 Å². The Morgan fingerprint density at radius 2 is 1.71 bits per heavy atom. The van der Waals surface area contributed by atoms with Gasteiger partial charge in [0.1, 0.15) is 5.82 Å². The van der Waals surface area contributed by atoms with Crippen molar-refractivity contribution in [3.63, 3.8) is 0 Å². The Morgan fingerprint density at radius 1 is 1.09 bits per heavy atom. The third-order valence-corrected chi connectivity index (χ3v) is 7.20. The molecule has 35 heavy (non-hydrogen) atoms. The fourth-order valence-electron chi connectivity index (χ4n) is 4.18. The Hall–Kier alpha value is -3.32. The Kier molecular flexibility index (Phi) is 8.57. The monoisotopic (exact) mass is 495 g/mol. The highest BCUT2D eigenvalue weighted by Crippen LogP contribution is 2.26. The minimum atomic E-state index is -0.292. The number of carbonyl (C=O) groups is 1. The number of halogens is 2. The highest BCUT2D eigenvalue weighted by atomic mass is 32.1. The second-order valence-electron chi connectivity index (χ2n) is 8.77. The number of aryl methyl sites for hydroxylation is 2. The van der Waals surface area contributed by atoms with Crippen LogP contribution in [0.25, 0.3) is 11.3 Å². The molecule has 0 saturated heterocycles. The molecule has 1 aromatic heterocycles. The van der Waals surface area contributed by atoms with Crippen molar-refractivity contribution in [2.45, 2.75) is 26.7 Å². The lowest BCUT2D eigenvalue weighted by Gasteiger charge is -2.27. The van der Waals surface area contributed by atoms with Crippen LogP contribution in [0.1, 0.15) is 32.3 Å². The van der Waals surface area contributed by atoms with E-state index in [1.165, 1.54) is 22.6 Å². The predicted molar refractivity (Wildman–Crippen MR) is 141 cm³/mol. The van der Waals surface area contributed by atoms with Gasteiger partial charge in [-0.25, -0.2) is 9.37 Å². The zero-order valence-electron chi connectivity index (χ0n) is 20.4. The SMILES string of the molecule is C=C(/C=C(/c1ccc(F)cc1)N(C)CC(=O)N1CCc2nc(C)sc2CC1)c1ccc(C)cc1.F. The molecule has 0 bridgehead atoms. The third kappa shape index (κ3) is 6.42.